The fraction of sp³-hybridized carbons (Fsp3) is 0.375. The lowest BCUT2D eigenvalue weighted by molar-refractivity contribution is 0.0485. The molecule has 2 fully saturated rings. The molecule has 2 aliphatic heterocycles. The number of Topliss-reactive ketones (excluding diaryl/α,β-unsaturated/α-hetero) is 1. The van der Waals surface area contributed by atoms with Crippen molar-refractivity contribution in [3.63, 3.8) is 0 Å². The second kappa shape index (κ2) is 7.59. The maximum absolute atomic E-state index is 13.2. The van der Waals surface area contributed by atoms with Gasteiger partial charge in [-0.25, -0.2) is 4.79 Å². The number of amides is 1. The van der Waals surface area contributed by atoms with Crippen LogP contribution >= 0.6 is 0 Å². The number of piperidine rings is 1. The Labute approximate surface area is 175 Å². The van der Waals surface area contributed by atoms with E-state index in [0.717, 1.165) is 29.3 Å². The van der Waals surface area contributed by atoms with Gasteiger partial charge in [-0.3, -0.25) is 9.48 Å². The minimum atomic E-state index is -0.257. The van der Waals surface area contributed by atoms with Crippen molar-refractivity contribution in [2.75, 3.05) is 0 Å². The average molecular weight is 403 g/mol. The minimum absolute atomic E-state index is 0.0539. The molecule has 0 radical (unpaired) electrons. The molecule has 2 aromatic carbocycles. The molecule has 1 aromatic heterocycles. The molecule has 0 N–H and O–H groups in total. The van der Waals surface area contributed by atoms with Crippen LogP contribution in [0.2, 0.25) is 0 Å². The van der Waals surface area contributed by atoms with Gasteiger partial charge in [-0.15, -0.1) is 0 Å². The van der Waals surface area contributed by atoms with Crippen molar-refractivity contribution >= 4 is 22.8 Å². The van der Waals surface area contributed by atoms with Gasteiger partial charge < -0.3 is 9.64 Å². The SMILES string of the molecule is Cn1cc2ccc(C(=O)C3CC4CCC(C3)N4C(=O)OCc3ccccc3)cc2n1. The van der Waals surface area contributed by atoms with E-state index in [1.807, 2.05) is 66.7 Å². The lowest BCUT2D eigenvalue weighted by atomic mass is 9.85. The van der Waals surface area contributed by atoms with E-state index in [4.69, 9.17) is 4.74 Å². The summed E-state index contributed by atoms with van der Waals surface area (Å²) < 4.78 is 7.33. The molecule has 3 aromatic rings. The van der Waals surface area contributed by atoms with Crippen molar-refractivity contribution in [1.29, 1.82) is 0 Å². The minimum Gasteiger partial charge on any atom is -0.445 e. The number of nitrogens with zero attached hydrogens (tertiary/aromatic N) is 3. The first-order valence-corrected chi connectivity index (χ1v) is 10.5. The maximum atomic E-state index is 13.2. The summed E-state index contributed by atoms with van der Waals surface area (Å²) in [5.74, 6) is 0.110. The molecule has 154 valence electrons. The highest BCUT2D eigenvalue weighted by Crippen LogP contribution is 2.40. The maximum Gasteiger partial charge on any atom is 0.410 e. The number of hydrogen-bond donors (Lipinski definition) is 0. The van der Waals surface area contributed by atoms with E-state index < -0.39 is 0 Å². The van der Waals surface area contributed by atoms with Gasteiger partial charge in [0.2, 0.25) is 0 Å². The first kappa shape index (κ1) is 18.9. The molecule has 6 heteroatoms. The van der Waals surface area contributed by atoms with Crippen molar-refractivity contribution in [2.45, 2.75) is 44.4 Å². The quantitative estimate of drug-likeness (QED) is 0.608. The van der Waals surface area contributed by atoms with Gasteiger partial charge in [-0.05, 0) is 37.3 Å². The number of ketones is 1. The van der Waals surface area contributed by atoms with Gasteiger partial charge in [0.1, 0.15) is 6.61 Å². The zero-order valence-electron chi connectivity index (χ0n) is 17.0. The summed E-state index contributed by atoms with van der Waals surface area (Å²) in [5.41, 5.74) is 2.53. The van der Waals surface area contributed by atoms with Crippen LogP contribution in [0.3, 0.4) is 0 Å². The number of ether oxygens (including phenoxy) is 1. The number of rotatable bonds is 4. The predicted molar refractivity (Wildman–Crippen MR) is 113 cm³/mol. The van der Waals surface area contributed by atoms with Gasteiger partial charge in [0.25, 0.3) is 0 Å². The van der Waals surface area contributed by atoms with E-state index in [9.17, 15) is 9.59 Å². The Balaban J connectivity index is 1.26. The number of fused-ring (bicyclic) bond motifs is 3. The van der Waals surface area contributed by atoms with Crippen molar-refractivity contribution < 1.29 is 14.3 Å². The second-order valence-electron chi connectivity index (χ2n) is 8.44. The predicted octanol–water partition coefficient (Wildman–Crippen LogP) is 4.34. The normalized spacial score (nSPS) is 23.0. The average Bonchev–Trinajstić information content (AvgIpc) is 3.26. The zero-order chi connectivity index (χ0) is 20.7. The fourth-order valence-electron chi connectivity index (χ4n) is 5.01. The fourth-order valence-corrected chi connectivity index (χ4v) is 5.01. The summed E-state index contributed by atoms with van der Waals surface area (Å²) in [7, 11) is 1.88. The standard InChI is InChI=1S/C24H25N3O3/c1-26-14-18-8-7-17(13-22(18)25-26)23(28)19-11-20-9-10-21(12-19)27(20)24(29)30-15-16-5-3-2-4-6-16/h2-8,13-14,19-21H,9-12,15H2,1H3. The highest BCUT2D eigenvalue weighted by atomic mass is 16.6. The number of aromatic nitrogens is 2. The third kappa shape index (κ3) is 3.47. The number of benzene rings is 2. The van der Waals surface area contributed by atoms with Crippen LogP contribution in [0.5, 0.6) is 0 Å². The second-order valence-corrected chi connectivity index (χ2v) is 8.44. The van der Waals surface area contributed by atoms with Gasteiger partial charge in [0.15, 0.2) is 5.78 Å². The van der Waals surface area contributed by atoms with E-state index in [1.165, 1.54) is 0 Å². The zero-order valence-corrected chi connectivity index (χ0v) is 17.0. The van der Waals surface area contributed by atoms with Crippen molar-refractivity contribution in [2.24, 2.45) is 13.0 Å². The number of carbonyl (C=O) groups is 2. The van der Waals surface area contributed by atoms with E-state index >= 15 is 0 Å². The van der Waals surface area contributed by atoms with Crippen LogP contribution in [0.25, 0.3) is 10.9 Å². The largest absolute Gasteiger partial charge is 0.445 e. The van der Waals surface area contributed by atoms with Crippen LogP contribution in [0, 0.1) is 5.92 Å². The monoisotopic (exact) mass is 403 g/mol. The summed E-state index contributed by atoms with van der Waals surface area (Å²) in [5, 5.41) is 5.45. The number of hydrogen-bond acceptors (Lipinski definition) is 4. The molecule has 2 bridgehead atoms. The smallest absolute Gasteiger partial charge is 0.410 e. The van der Waals surface area contributed by atoms with E-state index in [2.05, 4.69) is 5.10 Å². The highest BCUT2D eigenvalue weighted by Gasteiger charge is 2.45. The van der Waals surface area contributed by atoms with Crippen LogP contribution in [0.15, 0.2) is 54.7 Å². The molecule has 2 aliphatic rings. The Bertz CT molecular complexity index is 1080. The van der Waals surface area contributed by atoms with Crippen LogP contribution in [-0.2, 0) is 18.4 Å². The Kier molecular flexibility index (Phi) is 4.77. The Hall–Kier alpha value is -3.15. The van der Waals surface area contributed by atoms with Crippen molar-refractivity contribution in [1.82, 2.24) is 14.7 Å². The summed E-state index contributed by atoms with van der Waals surface area (Å²) in [6.45, 7) is 0.280. The summed E-state index contributed by atoms with van der Waals surface area (Å²) in [6, 6.07) is 15.6. The molecule has 3 heterocycles. The third-order valence-electron chi connectivity index (χ3n) is 6.43. The molecule has 2 unspecified atom stereocenters. The Morgan fingerprint density at radius 2 is 1.80 bits per heavy atom. The Morgan fingerprint density at radius 1 is 1.07 bits per heavy atom. The molecule has 1 amide bonds. The van der Waals surface area contributed by atoms with Crippen LogP contribution in [0.1, 0.15) is 41.6 Å². The van der Waals surface area contributed by atoms with Crippen LogP contribution < -0.4 is 0 Å². The molecule has 2 saturated heterocycles. The van der Waals surface area contributed by atoms with Crippen molar-refractivity contribution in [3.05, 3.63) is 65.9 Å². The summed E-state index contributed by atoms with van der Waals surface area (Å²) >= 11 is 0. The summed E-state index contributed by atoms with van der Waals surface area (Å²) in [4.78, 5) is 27.8. The molecule has 0 saturated carbocycles. The van der Waals surface area contributed by atoms with Gasteiger partial charge >= 0.3 is 6.09 Å². The topological polar surface area (TPSA) is 64.4 Å². The Morgan fingerprint density at radius 3 is 2.53 bits per heavy atom. The van der Waals surface area contributed by atoms with E-state index in [1.54, 1.807) is 4.68 Å². The molecular weight excluding hydrogens is 378 g/mol. The van der Waals surface area contributed by atoms with Gasteiger partial charge in [-0.2, -0.15) is 5.10 Å². The lowest BCUT2D eigenvalue weighted by Crippen LogP contribution is -2.48. The van der Waals surface area contributed by atoms with Gasteiger partial charge in [0, 0.05) is 42.2 Å². The van der Waals surface area contributed by atoms with E-state index in [-0.39, 0.29) is 36.5 Å². The molecule has 0 aliphatic carbocycles. The van der Waals surface area contributed by atoms with Gasteiger partial charge in [-0.1, -0.05) is 42.5 Å². The number of carbonyl (C=O) groups excluding carboxylic acids is 2. The first-order chi connectivity index (χ1) is 14.6. The van der Waals surface area contributed by atoms with Crippen LogP contribution in [0.4, 0.5) is 4.79 Å². The molecule has 2 atom stereocenters. The molecule has 30 heavy (non-hydrogen) atoms. The van der Waals surface area contributed by atoms with Crippen LogP contribution in [-0.4, -0.2) is 38.6 Å². The third-order valence-corrected chi connectivity index (χ3v) is 6.43. The van der Waals surface area contributed by atoms with Gasteiger partial charge in [0.05, 0.1) is 5.52 Å². The van der Waals surface area contributed by atoms with Crippen molar-refractivity contribution in [3.8, 4) is 0 Å². The molecule has 0 spiro atoms. The molecular formula is C24H25N3O3. The number of aryl methyl sites for hydroxylation is 1. The first-order valence-electron chi connectivity index (χ1n) is 10.5. The lowest BCUT2D eigenvalue weighted by Gasteiger charge is -2.37. The summed E-state index contributed by atoms with van der Waals surface area (Å²) in [6.07, 6.45) is 4.98. The highest BCUT2D eigenvalue weighted by molar-refractivity contribution is 6.00. The van der Waals surface area contributed by atoms with E-state index in [0.29, 0.717) is 18.4 Å². The molecule has 6 nitrogen and oxygen atoms in total. The molecule has 5 rings (SSSR count).